The molecule has 0 bridgehead atoms. The van der Waals surface area contributed by atoms with Crippen molar-refractivity contribution in [2.45, 2.75) is 20.3 Å². The van der Waals surface area contributed by atoms with Gasteiger partial charge in [-0.3, -0.25) is 4.79 Å². The van der Waals surface area contributed by atoms with E-state index in [2.05, 4.69) is 5.32 Å². The average Bonchev–Trinajstić information content (AvgIpc) is 2.88. The van der Waals surface area contributed by atoms with Gasteiger partial charge in [-0.25, -0.2) is 0 Å². The molecule has 1 saturated heterocycles. The molecule has 20 heavy (non-hydrogen) atoms. The smallest absolute Gasteiger partial charge is 0.229 e. The van der Waals surface area contributed by atoms with Gasteiger partial charge >= 0.3 is 0 Å². The van der Waals surface area contributed by atoms with Gasteiger partial charge in [-0.05, 0) is 38.4 Å². The molecule has 1 amide bonds. The molecule has 1 heterocycles. The maximum atomic E-state index is 12.4. The zero-order valence-electron chi connectivity index (χ0n) is 12.6. The molecular weight excluding hydrogens is 252 g/mol. The number of likely N-dealkylation sites (N-methyl/N-ethyl adjacent to an activating group) is 1. The van der Waals surface area contributed by atoms with E-state index in [9.17, 15) is 4.79 Å². The Balaban J connectivity index is 1.82. The lowest BCUT2D eigenvalue weighted by molar-refractivity contribution is -0.139. The van der Waals surface area contributed by atoms with Gasteiger partial charge in [-0.1, -0.05) is 18.2 Å². The average molecular weight is 276 g/mol. The summed E-state index contributed by atoms with van der Waals surface area (Å²) in [5.41, 5.74) is 0.866. The second-order valence-corrected chi connectivity index (χ2v) is 5.83. The van der Waals surface area contributed by atoms with Crippen LogP contribution in [0.2, 0.25) is 0 Å². The molecule has 110 valence electrons. The van der Waals surface area contributed by atoms with Crippen molar-refractivity contribution in [3.05, 3.63) is 29.8 Å². The Bertz CT molecular complexity index is 467. The van der Waals surface area contributed by atoms with Gasteiger partial charge < -0.3 is 15.0 Å². The van der Waals surface area contributed by atoms with Crippen molar-refractivity contribution in [3.8, 4) is 5.75 Å². The number of para-hydroxylation sites is 1. The molecule has 1 aromatic carbocycles. The minimum absolute atomic E-state index is 0.205. The summed E-state index contributed by atoms with van der Waals surface area (Å²) in [6, 6.07) is 7.93. The number of carbonyl (C=O) groups excluding carboxylic acids is 1. The van der Waals surface area contributed by atoms with E-state index < -0.39 is 0 Å². The van der Waals surface area contributed by atoms with E-state index >= 15 is 0 Å². The molecule has 0 radical (unpaired) electrons. The van der Waals surface area contributed by atoms with Crippen molar-refractivity contribution in [3.63, 3.8) is 0 Å². The molecule has 2 rings (SSSR count). The second-order valence-electron chi connectivity index (χ2n) is 5.83. The van der Waals surface area contributed by atoms with Crippen LogP contribution in [0.1, 0.15) is 18.9 Å². The molecule has 1 aromatic rings. The highest BCUT2D eigenvalue weighted by Crippen LogP contribution is 2.26. The first-order valence-corrected chi connectivity index (χ1v) is 7.18. The molecule has 0 saturated carbocycles. The lowest BCUT2D eigenvalue weighted by Crippen LogP contribution is -2.43. The summed E-state index contributed by atoms with van der Waals surface area (Å²) in [5.74, 6) is 1.10. The Hall–Kier alpha value is -1.55. The SMILES string of the molecule is Cc1ccccc1OCCN(C)C(=O)[C@]1(C)CCNC1. The predicted octanol–water partition coefficient (Wildman–Crippen LogP) is 1.83. The summed E-state index contributed by atoms with van der Waals surface area (Å²) < 4.78 is 5.74. The van der Waals surface area contributed by atoms with Crippen LogP contribution >= 0.6 is 0 Å². The summed E-state index contributed by atoms with van der Waals surface area (Å²) in [7, 11) is 1.85. The topological polar surface area (TPSA) is 41.6 Å². The number of rotatable bonds is 5. The van der Waals surface area contributed by atoms with Crippen LogP contribution in [-0.4, -0.2) is 44.1 Å². The first kappa shape index (κ1) is 14.9. The monoisotopic (exact) mass is 276 g/mol. The summed E-state index contributed by atoms with van der Waals surface area (Å²) in [6.07, 6.45) is 0.912. The first-order chi connectivity index (χ1) is 9.53. The number of aryl methyl sites for hydroxylation is 1. The zero-order chi connectivity index (χ0) is 14.6. The molecule has 1 aliphatic rings. The lowest BCUT2D eigenvalue weighted by atomic mass is 9.88. The van der Waals surface area contributed by atoms with Gasteiger partial charge in [0.1, 0.15) is 12.4 Å². The molecule has 1 N–H and O–H groups in total. The quantitative estimate of drug-likeness (QED) is 0.892. The van der Waals surface area contributed by atoms with Crippen molar-refractivity contribution >= 4 is 5.91 Å². The predicted molar refractivity (Wildman–Crippen MR) is 79.9 cm³/mol. The Morgan fingerprint density at radius 3 is 2.85 bits per heavy atom. The fourth-order valence-electron chi connectivity index (χ4n) is 2.57. The van der Waals surface area contributed by atoms with Crippen molar-refractivity contribution in [1.29, 1.82) is 0 Å². The largest absolute Gasteiger partial charge is 0.491 e. The Labute approximate surface area is 121 Å². The summed E-state index contributed by atoms with van der Waals surface area (Å²) in [5, 5.41) is 3.26. The van der Waals surface area contributed by atoms with Crippen molar-refractivity contribution in [2.75, 3.05) is 33.3 Å². The highest BCUT2D eigenvalue weighted by atomic mass is 16.5. The minimum atomic E-state index is -0.253. The molecule has 1 aliphatic heterocycles. The van der Waals surface area contributed by atoms with Crippen LogP contribution in [0.3, 0.4) is 0 Å². The van der Waals surface area contributed by atoms with Crippen LogP contribution in [0.25, 0.3) is 0 Å². The van der Waals surface area contributed by atoms with E-state index in [1.165, 1.54) is 0 Å². The number of hydrogen-bond acceptors (Lipinski definition) is 3. The Morgan fingerprint density at radius 1 is 1.45 bits per heavy atom. The number of amides is 1. The lowest BCUT2D eigenvalue weighted by Gasteiger charge is -2.28. The van der Waals surface area contributed by atoms with Crippen molar-refractivity contribution in [1.82, 2.24) is 10.2 Å². The second kappa shape index (κ2) is 6.27. The van der Waals surface area contributed by atoms with Crippen LogP contribution in [-0.2, 0) is 4.79 Å². The fraction of sp³-hybridized carbons (Fsp3) is 0.562. The standard InChI is InChI=1S/C16H24N2O2/c1-13-6-4-5-7-14(13)20-11-10-18(3)15(19)16(2)8-9-17-12-16/h4-7,17H,8-12H2,1-3H3/t16-/m1/s1. The number of benzene rings is 1. The van der Waals surface area contributed by atoms with Crippen molar-refractivity contribution < 1.29 is 9.53 Å². The van der Waals surface area contributed by atoms with Crippen LogP contribution in [0.15, 0.2) is 24.3 Å². The van der Waals surface area contributed by atoms with Gasteiger partial charge in [0.15, 0.2) is 0 Å². The van der Waals surface area contributed by atoms with E-state index in [4.69, 9.17) is 4.74 Å². The molecule has 1 atom stereocenters. The number of nitrogens with zero attached hydrogens (tertiary/aromatic N) is 1. The molecular formula is C16H24N2O2. The highest BCUT2D eigenvalue weighted by Gasteiger charge is 2.37. The van der Waals surface area contributed by atoms with E-state index in [1.807, 2.05) is 45.2 Å². The summed E-state index contributed by atoms with van der Waals surface area (Å²) in [6.45, 7) is 6.90. The summed E-state index contributed by atoms with van der Waals surface area (Å²) in [4.78, 5) is 14.2. The van der Waals surface area contributed by atoms with E-state index in [1.54, 1.807) is 4.90 Å². The minimum Gasteiger partial charge on any atom is -0.491 e. The van der Waals surface area contributed by atoms with Gasteiger partial charge in [0.05, 0.1) is 12.0 Å². The molecule has 0 aromatic heterocycles. The fourth-order valence-corrected chi connectivity index (χ4v) is 2.57. The van der Waals surface area contributed by atoms with Gasteiger partial charge in [0.2, 0.25) is 5.91 Å². The molecule has 4 nitrogen and oxygen atoms in total. The van der Waals surface area contributed by atoms with Gasteiger partial charge in [0.25, 0.3) is 0 Å². The number of hydrogen-bond donors (Lipinski definition) is 1. The highest BCUT2D eigenvalue weighted by molar-refractivity contribution is 5.82. The van der Waals surface area contributed by atoms with Crippen LogP contribution < -0.4 is 10.1 Å². The van der Waals surface area contributed by atoms with E-state index in [0.717, 1.165) is 30.8 Å². The van der Waals surface area contributed by atoms with E-state index in [0.29, 0.717) is 13.2 Å². The number of carbonyl (C=O) groups is 1. The van der Waals surface area contributed by atoms with Crippen molar-refractivity contribution in [2.24, 2.45) is 5.41 Å². The molecule has 4 heteroatoms. The van der Waals surface area contributed by atoms with Crippen LogP contribution in [0, 0.1) is 12.3 Å². The maximum absolute atomic E-state index is 12.4. The van der Waals surface area contributed by atoms with Crippen LogP contribution in [0.4, 0.5) is 0 Å². The summed E-state index contributed by atoms with van der Waals surface area (Å²) >= 11 is 0. The molecule has 1 fully saturated rings. The third-order valence-corrected chi connectivity index (χ3v) is 4.01. The number of ether oxygens (including phenoxy) is 1. The zero-order valence-corrected chi connectivity index (χ0v) is 12.6. The maximum Gasteiger partial charge on any atom is 0.229 e. The normalized spacial score (nSPS) is 21.8. The molecule has 0 spiro atoms. The van der Waals surface area contributed by atoms with Gasteiger partial charge in [-0.2, -0.15) is 0 Å². The third kappa shape index (κ3) is 3.31. The molecule has 0 aliphatic carbocycles. The third-order valence-electron chi connectivity index (χ3n) is 4.01. The first-order valence-electron chi connectivity index (χ1n) is 7.18. The Kier molecular flexibility index (Phi) is 4.65. The number of nitrogens with one attached hydrogen (secondary N) is 1. The Morgan fingerprint density at radius 2 is 2.20 bits per heavy atom. The van der Waals surface area contributed by atoms with Gasteiger partial charge in [0, 0.05) is 13.6 Å². The van der Waals surface area contributed by atoms with E-state index in [-0.39, 0.29) is 11.3 Å². The van der Waals surface area contributed by atoms with Crippen LogP contribution in [0.5, 0.6) is 5.75 Å². The van der Waals surface area contributed by atoms with Gasteiger partial charge in [-0.15, -0.1) is 0 Å². The molecule has 0 unspecified atom stereocenters.